The Kier molecular flexibility index (Phi) is 5.28. The summed E-state index contributed by atoms with van der Waals surface area (Å²) in [5.41, 5.74) is 0.545. The lowest BCUT2D eigenvalue weighted by atomic mass is 10.0. The first-order chi connectivity index (χ1) is 8.77. The van der Waals surface area contributed by atoms with E-state index in [1.165, 1.54) is 57.0 Å². The van der Waals surface area contributed by atoms with Crippen molar-refractivity contribution in [2.24, 2.45) is 5.92 Å². The molecule has 2 rings (SSSR count). The Balaban J connectivity index is 2.10. The standard InChI is InChI=1S/C15H30O2Si/c1-3-5-10-18(11-6-4-2)15(12-16)13-8-7-9-14(13)17-18/h13-16H,3-12H2,1-2H3/t13-,14+,15-/m0/s1. The van der Waals surface area contributed by atoms with Crippen LogP contribution in [0.5, 0.6) is 0 Å². The van der Waals surface area contributed by atoms with E-state index in [1.54, 1.807) is 0 Å². The van der Waals surface area contributed by atoms with E-state index in [4.69, 9.17) is 4.43 Å². The fraction of sp³-hybridized carbons (Fsp3) is 1.00. The number of unbranched alkanes of at least 4 members (excludes halogenated alkanes) is 2. The zero-order chi connectivity index (χ0) is 13.0. The summed E-state index contributed by atoms with van der Waals surface area (Å²) in [6.07, 6.45) is 9.52. The summed E-state index contributed by atoms with van der Waals surface area (Å²) >= 11 is 0. The Labute approximate surface area is 113 Å². The van der Waals surface area contributed by atoms with Crippen molar-refractivity contribution < 1.29 is 9.53 Å². The van der Waals surface area contributed by atoms with Gasteiger partial charge in [-0.05, 0) is 30.8 Å². The van der Waals surface area contributed by atoms with Crippen LogP contribution in [0, 0.1) is 5.92 Å². The molecule has 0 bridgehead atoms. The van der Waals surface area contributed by atoms with Crippen LogP contribution in [0.15, 0.2) is 0 Å². The molecular formula is C15H30O2Si. The monoisotopic (exact) mass is 270 g/mol. The molecule has 2 nitrogen and oxygen atoms in total. The highest BCUT2D eigenvalue weighted by atomic mass is 28.4. The van der Waals surface area contributed by atoms with Gasteiger partial charge in [0, 0.05) is 18.3 Å². The van der Waals surface area contributed by atoms with Gasteiger partial charge in [0.25, 0.3) is 0 Å². The minimum absolute atomic E-state index is 0.390. The minimum atomic E-state index is -1.65. The van der Waals surface area contributed by atoms with Gasteiger partial charge < -0.3 is 9.53 Å². The highest BCUT2D eigenvalue weighted by Crippen LogP contribution is 2.53. The van der Waals surface area contributed by atoms with E-state index in [-0.39, 0.29) is 0 Å². The molecule has 2 fully saturated rings. The molecule has 0 spiro atoms. The molecule has 0 amide bonds. The third-order valence-corrected chi connectivity index (χ3v) is 10.3. The number of fused-ring (bicyclic) bond motifs is 1. The van der Waals surface area contributed by atoms with Gasteiger partial charge in [0.1, 0.15) is 0 Å². The fourth-order valence-electron chi connectivity index (χ4n) is 4.21. The van der Waals surface area contributed by atoms with Crippen LogP contribution in [0.3, 0.4) is 0 Å². The number of hydrogen-bond acceptors (Lipinski definition) is 2. The van der Waals surface area contributed by atoms with Gasteiger partial charge in [-0.3, -0.25) is 0 Å². The van der Waals surface area contributed by atoms with Crippen LogP contribution in [-0.4, -0.2) is 26.1 Å². The van der Waals surface area contributed by atoms with Crippen molar-refractivity contribution in [1.29, 1.82) is 0 Å². The molecule has 0 unspecified atom stereocenters. The summed E-state index contributed by atoms with van der Waals surface area (Å²) in [4.78, 5) is 0. The lowest BCUT2D eigenvalue weighted by molar-refractivity contribution is 0.187. The van der Waals surface area contributed by atoms with E-state index in [2.05, 4.69) is 13.8 Å². The van der Waals surface area contributed by atoms with Crippen LogP contribution >= 0.6 is 0 Å². The lowest BCUT2D eigenvalue weighted by Gasteiger charge is -2.33. The maximum atomic E-state index is 9.90. The second-order valence-corrected chi connectivity index (χ2v) is 10.4. The molecular weight excluding hydrogens is 240 g/mol. The quantitative estimate of drug-likeness (QED) is 0.706. The van der Waals surface area contributed by atoms with Crippen molar-refractivity contribution in [3.63, 3.8) is 0 Å². The fourth-order valence-corrected chi connectivity index (χ4v) is 9.90. The number of aliphatic hydroxyl groups is 1. The summed E-state index contributed by atoms with van der Waals surface area (Å²) in [7, 11) is -1.65. The molecule has 1 N–H and O–H groups in total. The summed E-state index contributed by atoms with van der Waals surface area (Å²) in [6.45, 7) is 4.93. The van der Waals surface area contributed by atoms with Crippen LogP contribution in [0.2, 0.25) is 17.6 Å². The Hall–Kier alpha value is 0.137. The number of hydrogen-bond donors (Lipinski definition) is 1. The largest absolute Gasteiger partial charge is 0.413 e. The van der Waals surface area contributed by atoms with Gasteiger partial charge in [-0.1, -0.05) is 46.0 Å². The number of aliphatic hydroxyl groups excluding tert-OH is 1. The normalized spacial score (nSPS) is 33.8. The third kappa shape index (κ3) is 2.68. The average Bonchev–Trinajstić information content (AvgIpc) is 2.92. The van der Waals surface area contributed by atoms with Crippen molar-refractivity contribution in [2.45, 2.75) is 82.5 Å². The molecule has 3 atom stereocenters. The maximum Gasteiger partial charge on any atom is 0.198 e. The first-order valence-electron chi connectivity index (χ1n) is 8.06. The second-order valence-electron chi connectivity index (χ2n) is 6.31. The highest BCUT2D eigenvalue weighted by molar-refractivity contribution is 6.76. The average molecular weight is 270 g/mol. The molecule has 0 aromatic heterocycles. The van der Waals surface area contributed by atoms with Crippen molar-refractivity contribution in [3.05, 3.63) is 0 Å². The first kappa shape index (κ1) is 14.5. The molecule has 18 heavy (non-hydrogen) atoms. The Bertz CT molecular complexity index is 249. The smallest absolute Gasteiger partial charge is 0.198 e. The minimum Gasteiger partial charge on any atom is -0.413 e. The van der Waals surface area contributed by atoms with Gasteiger partial charge in [0.2, 0.25) is 0 Å². The predicted octanol–water partition coefficient (Wildman–Crippen LogP) is 4.09. The van der Waals surface area contributed by atoms with Crippen LogP contribution in [0.1, 0.15) is 58.8 Å². The molecule has 106 valence electrons. The van der Waals surface area contributed by atoms with Gasteiger partial charge in [-0.15, -0.1) is 0 Å². The topological polar surface area (TPSA) is 29.5 Å². The van der Waals surface area contributed by atoms with Gasteiger partial charge in [0.15, 0.2) is 8.32 Å². The van der Waals surface area contributed by atoms with Gasteiger partial charge in [0.05, 0.1) is 0 Å². The Morgan fingerprint density at radius 2 is 1.78 bits per heavy atom. The molecule has 1 aliphatic heterocycles. The van der Waals surface area contributed by atoms with Crippen molar-refractivity contribution in [3.8, 4) is 0 Å². The molecule has 3 heteroatoms. The zero-order valence-corrected chi connectivity index (χ0v) is 13.2. The highest BCUT2D eigenvalue weighted by Gasteiger charge is 2.56. The Morgan fingerprint density at radius 1 is 1.11 bits per heavy atom. The van der Waals surface area contributed by atoms with Crippen molar-refractivity contribution >= 4 is 8.32 Å². The number of rotatable bonds is 7. The maximum absolute atomic E-state index is 9.90. The van der Waals surface area contributed by atoms with Gasteiger partial charge in [-0.25, -0.2) is 0 Å². The summed E-state index contributed by atoms with van der Waals surface area (Å²) in [5, 5.41) is 9.90. The molecule has 0 aromatic rings. The van der Waals surface area contributed by atoms with Crippen LogP contribution < -0.4 is 0 Å². The lowest BCUT2D eigenvalue weighted by Crippen LogP contribution is -2.41. The van der Waals surface area contributed by atoms with Gasteiger partial charge >= 0.3 is 0 Å². The van der Waals surface area contributed by atoms with Crippen LogP contribution in [0.25, 0.3) is 0 Å². The van der Waals surface area contributed by atoms with E-state index in [9.17, 15) is 5.11 Å². The molecule has 1 saturated heterocycles. The van der Waals surface area contributed by atoms with Crippen molar-refractivity contribution in [2.75, 3.05) is 6.61 Å². The van der Waals surface area contributed by atoms with E-state index < -0.39 is 8.32 Å². The molecule has 0 aromatic carbocycles. The van der Waals surface area contributed by atoms with Crippen LogP contribution in [-0.2, 0) is 4.43 Å². The molecule has 1 heterocycles. The summed E-state index contributed by atoms with van der Waals surface area (Å²) < 4.78 is 6.66. The molecule has 2 aliphatic rings. The Morgan fingerprint density at radius 3 is 2.33 bits per heavy atom. The zero-order valence-electron chi connectivity index (χ0n) is 12.2. The van der Waals surface area contributed by atoms with Gasteiger partial charge in [-0.2, -0.15) is 0 Å². The van der Waals surface area contributed by atoms with Crippen molar-refractivity contribution in [1.82, 2.24) is 0 Å². The molecule has 0 radical (unpaired) electrons. The molecule has 1 saturated carbocycles. The SMILES string of the molecule is CCCC[Si]1(CCCC)O[C@@H]2CCC[C@@H]2[C@@H]1CO. The van der Waals surface area contributed by atoms with E-state index in [0.717, 1.165) is 0 Å². The summed E-state index contributed by atoms with van der Waals surface area (Å²) in [5.74, 6) is 0.704. The molecule has 1 aliphatic carbocycles. The predicted molar refractivity (Wildman–Crippen MR) is 78.2 cm³/mol. The van der Waals surface area contributed by atoms with E-state index >= 15 is 0 Å². The van der Waals surface area contributed by atoms with E-state index in [0.29, 0.717) is 24.2 Å². The van der Waals surface area contributed by atoms with Crippen LogP contribution in [0.4, 0.5) is 0 Å². The van der Waals surface area contributed by atoms with E-state index in [1.807, 2.05) is 0 Å². The summed E-state index contributed by atoms with van der Waals surface area (Å²) in [6, 6.07) is 2.59. The second kappa shape index (κ2) is 6.53. The third-order valence-electron chi connectivity index (χ3n) is 5.19. The first-order valence-corrected chi connectivity index (χ1v) is 10.5.